The van der Waals surface area contributed by atoms with Gasteiger partial charge in [-0.15, -0.1) is 10.2 Å². The van der Waals surface area contributed by atoms with Crippen LogP contribution in [0.2, 0.25) is 0 Å². The molecule has 0 spiro atoms. The number of rotatable bonds is 4. The molecule has 0 unspecified atom stereocenters. The van der Waals surface area contributed by atoms with Gasteiger partial charge >= 0.3 is 0 Å². The maximum absolute atomic E-state index is 8.55. The van der Waals surface area contributed by atoms with E-state index in [0.717, 1.165) is 11.3 Å². The zero-order valence-electron chi connectivity index (χ0n) is 9.46. The van der Waals surface area contributed by atoms with E-state index in [0.29, 0.717) is 18.8 Å². The zero-order valence-corrected chi connectivity index (χ0v) is 9.46. The van der Waals surface area contributed by atoms with Gasteiger partial charge in [-0.3, -0.25) is 0 Å². The van der Waals surface area contributed by atoms with Gasteiger partial charge in [0, 0.05) is 5.69 Å². The van der Waals surface area contributed by atoms with Crippen LogP contribution in [0.5, 0.6) is 0 Å². The van der Waals surface area contributed by atoms with Gasteiger partial charge in [-0.1, -0.05) is 12.1 Å². The Kier molecular flexibility index (Phi) is 3.31. The third kappa shape index (κ3) is 3.01. The highest BCUT2D eigenvalue weighted by molar-refractivity contribution is 5.44. The van der Waals surface area contributed by atoms with Crippen LogP contribution < -0.4 is 5.32 Å². The first kappa shape index (κ1) is 11.1. The molecule has 0 radical (unpaired) electrons. The van der Waals surface area contributed by atoms with E-state index in [9.17, 15) is 0 Å². The Hall–Kier alpha value is -2.42. The SMILES string of the molecule is Cn1nnc(CNc2ccc(CC#N)cc2)n1. The van der Waals surface area contributed by atoms with Gasteiger partial charge in [0.1, 0.15) is 0 Å². The number of hydrogen-bond donors (Lipinski definition) is 1. The predicted molar refractivity (Wildman–Crippen MR) is 61.9 cm³/mol. The van der Waals surface area contributed by atoms with Crippen molar-refractivity contribution in [3.63, 3.8) is 0 Å². The lowest BCUT2D eigenvalue weighted by Crippen LogP contribution is -2.02. The molecule has 2 aromatic rings. The molecule has 0 aliphatic rings. The molecule has 0 atom stereocenters. The van der Waals surface area contributed by atoms with Crippen molar-refractivity contribution >= 4 is 5.69 Å². The van der Waals surface area contributed by atoms with Crippen LogP contribution >= 0.6 is 0 Å². The smallest absolute Gasteiger partial charge is 0.193 e. The summed E-state index contributed by atoms with van der Waals surface area (Å²) < 4.78 is 0. The van der Waals surface area contributed by atoms with Crippen molar-refractivity contribution in [1.82, 2.24) is 20.2 Å². The van der Waals surface area contributed by atoms with E-state index in [1.165, 1.54) is 4.80 Å². The normalized spacial score (nSPS) is 9.88. The quantitative estimate of drug-likeness (QED) is 0.840. The lowest BCUT2D eigenvalue weighted by atomic mass is 10.1. The fourth-order valence-corrected chi connectivity index (χ4v) is 1.41. The van der Waals surface area contributed by atoms with Crippen molar-refractivity contribution < 1.29 is 0 Å². The van der Waals surface area contributed by atoms with E-state index >= 15 is 0 Å². The monoisotopic (exact) mass is 228 g/mol. The first-order valence-electron chi connectivity index (χ1n) is 5.20. The fourth-order valence-electron chi connectivity index (χ4n) is 1.41. The summed E-state index contributed by atoms with van der Waals surface area (Å²) in [6, 6.07) is 9.83. The van der Waals surface area contributed by atoms with Crippen LogP contribution in [0.4, 0.5) is 5.69 Å². The Morgan fingerprint density at radius 2 is 2.12 bits per heavy atom. The van der Waals surface area contributed by atoms with E-state index in [1.807, 2.05) is 24.3 Å². The second-order valence-corrected chi connectivity index (χ2v) is 3.58. The van der Waals surface area contributed by atoms with Crippen molar-refractivity contribution in [2.45, 2.75) is 13.0 Å². The molecular weight excluding hydrogens is 216 g/mol. The highest BCUT2D eigenvalue weighted by Crippen LogP contribution is 2.10. The summed E-state index contributed by atoms with van der Waals surface area (Å²) >= 11 is 0. The number of anilines is 1. The van der Waals surface area contributed by atoms with Crippen LogP contribution in [-0.2, 0) is 20.0 Å². The summed E-state index contributed by atoms with van der Waals surface area (Å²) in [5.41, 5.74) is 1.98. The molecule has 1 heterocycles. The summed E-state index contributed by atoms with van der Waals surface area (Å²) in [6.45, 7) is 0.533. The van der Waals surface area contributed by atoms with Gasteiger partial charge in [0.25, 0.3) is 0 Å². The summed E-state index contributed by atoms with van der Waals surface area (Å²) in [5, 5.41) is 23.4. The molecule has 17 heavy (non-hydrogen) atoms. The molecule has 0 amide bonds. The first-order valence-corrected chi connectivity index (χ1v) is 5.20. The summed E-state index contributed by atoms with van der Waals surface area (Å²) in [5.74, 6) is 0.647. The van der Waals surface area contributed by atoms with Crippen molar-refractivity contribution in [1.29, 1.82) is 5.26 Å². The molecular formula is C11H12N6. The minimum absolute atomic E-state index is 0.437. The molecule has 0 saturated heterocycles. The average Bonchev–Trinajstić information content (AvgIpc) is 2.75. The number of tetrazole rings is 1. The number of benzene rings is 1. The topological polar surface area (TPSA) is 79.4 Å². The average molecular weight is 228 g/mol. The number of nitrogens with one attached hydrogen (secondary N) is 1. The van der Waals surface area contributed by atoms with Crippen molar-refractivity contribution in [3.8, 4) is 6.07 Å². The van der Waals surface area contributed by atoms with Crippen LogP contribution in [0.1, 0.15) is 11.4 Å². The molecule has 0 bridgehead atoms. The van der Waals surface area contributed by atoms with Gasteiger partial charge in [-0.05, 0) is 22.9 Å². The Morgan fingerprint density at radius 1 is 1.35 bits per heavy atom. The van der Waals surface area contributed by atoms with Crippen molar-refractivity contribution in [2.24, 2.45) is 7.05 Å². The lowest BCUT2D eigenvalue weighted by Gasteiger charge is -2.03. The van der Waals surface area contributed by atoms with Gasteiger partial charge in [0.15, 0.2) is 5.82 Å². The predicted octanol–water partition coefficient (Wildman–Crippen LogP) is 0.888. The fraction of sp³-hybridized carbons (Fsp3) is 0.273. The molecule has 1 aromatic heterocycles. The van der Waals surface area contributed by atoms with Gasteiger partial charge in [-0.25, -0.2) is 0 Å². The van der Waals surface area contributed by atoms with Crippen molar-refractivity contribution in [3.05, 3.63) is 35.7 Å². The molecule has 1 N–H and O–H groups in total. The van der Waals surface area contributed by atoms with Crippen LogP contribution in [0.15, 0.2) is 24.3 Å². The zero-order chi connectivity index (χ0) is 12.1. The van der Waals surface area contributed by atoms with Crippen LogP contribution in [0.25, 0.3) is 0 Å². The third-order valence-electron chi connectivity index (χ3n) is 2.24. The van der Waals surface area contributed by atoms with Gasteiger partial charge in [0.05, 0.1) is 26.1 Å². The highest BCUT2D eigenvalue weighted by atomic mass is 15.6. The summed E-state index contributed by atoms with van der Waals surface area (Å²) in [4.78, 5) is 1.42. The molecule has 86 valence electrons. The molecule has 0 aliphatic heterocycles. The number of aryl methyl sites for hydroxylation is 1. The third-order valence-corrected chi connectivity index (χ3v) is 2.24. The number of hydrogen-bond acceptors (Lipinski definition) is 5. The Balaban J connectivity index is 1.93. The van der Waals surface area contributed by atoms with Crippen LogP contribution in [0.3, 0.4) is 0 Å². The molecule has 2 rings (SSSR count). The number of aromatic nitrogens is 4. The Labute approximate surface area is 98.9 Å². The minimum Gasteiger partial charge on any atom is -0.378 e. The van der Waals surface area contributed by atoms with E-state index in [2.05, 4.69) is 26.8 Å². The summed E-state index contributed by atoms with van der Waals surface area (Å²) in [7, 11) is 1.73. The summed E-state index contributed by atoms with van der Waals surface area (Å²) in [6.07, 6.45) is 0.437. The molecule has 6 heteroatoms. The minimum atomic E-state index is 0.437. The molecule has 0 saturated carbocycles. The molecule has 1 aromatic carbocycles. The lowest BCUT2D eigenvalue weighted by molar-refractivity contribution is 0.628. The Morgan fingerprint density at radius 3 is 2.71 bits per heavy atom. The van der Waals surface area contributed by atoms with Gasteiger partial charge in [0.2, 0.25) is 0 Å². The van der Waals surface area contributed by atoms with Crippen LogP contribution in [-0.4, -0.2) is 20.2 Å². The van der Waals surface area contributed by atoms with Crippen molar-refractivity contribution in [2.75, 3.05) is 5.32 Å². The van der Waals surface area contributed by atoms with E-state index < -0.39 is 0 Å². The second kappa shape index (κ2) is 5.07. The number of nitriles is 1. The standard InChI is InChI=1S/C11H12N6/c1-17-15-11(14-16-17)8-13-10-4-2-9(3-5-10)6-7-12/h2-5,13H,6,8H2,1H3. The van der Waals surface area contributed by atoms with E-state index in [4.69, 9.17) is 5.26 Å². The van der Waals surface area contributed by atoms with Crippen LogP contribution in [0, 0.1) is 11.3 Å². The maximum atomic E-state index is 8.55. The molecule has 0 fully saturated rings. The Bertz CT molecular complexity index is 522. The largest absolute Gasteiger partial charge is 0.378 e. The van der Waals surface area contributed by atoms with E-state index in [1.54, 1.807) is 7.05 Å². The number of nitrogens with zero attached hydrogens (tertiary/aromatic N) is 5. The maximum Gasteiger partial charge on any atom is 0.193 e. The molecule has 0 aliphatic carbocycles. The second-order valence-electron chi connectivity index (χ2n) is 3.58. The van der Waals surface area contributed by atoms with Gasteiger partial charge in [-0.2, -0.15) is 10.1 Å². The molecule has 6 nitrogen and oxygen atoms in total. The van der Waals surface area contributed by atoms with Gasteiger partial charge < -0.3 is 5.32 Å². The highest BCUT2D eigenvalue weighted by Gasteiger charge is 2.00. The van der Waals surface area contributed by atoms with E-state index in [-0.39, 0.29) is 0 Å². The first-order chi connectivity index (χ1) is 8.28.